The summed E-state index contributed by atoms with van der Waals surface area (Å²) in [7, 11) is 0. The van der Waals surface area contributed by atoms with Crippen LogP contribution < -0.4 is 10.5 Å². The summed E-state index contributed by atoms with van der Waals surface area (Å²) in [6.45, 7) is 2.62. The number of primary amides is 1. The van der Waals surface area contributed by atoms with Gasteiger partial charge in [-0.2, -0.15) is 5.10 Å². The number of H-pyrrole nitrogens is 1. The Labute approximate surface area is 178 Å². The lowest BCUT2D eigenvalue weighted by atomic mass is 10.1. The van der Waals surface area contributed by atoms with Gasteiger partial charge in [-0.1, -0.05) is 18.2 Å². The number of nitrogens with one attached hydrogen (secondary N) is 1. The van der Waals surface area contributed by atoms with E-state index in [4.69, 9.17) is 15.6 Å². The van der Waals surface area contributed by atoms with Crippen LogP contribution in [0.4, 0.5) is 0 Å². The third-order valence-corrected chi connectivity index (χ3v) is 5.53. The highest BCUT2D eigenvalue weighted by Crippen LogP contribution is 2.31. The zero-order valence-electron chi connectivity index (χ0n) is 17.0. The molecule has 31 heavy (non-hydrogen) atoms. The Kier molecular flexibility index (Phi) is 4.47. The molecule has 0 spiro atoms. The van der Waals surface area contributed by atoms with Gasteiger partial charge in [0.15, 0.2) is 0 Å². The number of carbonyl (C=O) groups is 2. The number of nitrogens with two attached hydrogens (primary N) is 1. The van der Waals surface area contributed by atoms with E-state index in [1.165, 1.54) is 0 Å². The van der Waals surface area contributed by atoms with Crippen LogP contribution in [0.1, 0.15) is 28.7 Å². The lowest BCUT2D eigenvalue weighted by molar-refractivity contribution is -0.129. The standard InChI is InChI=1S/C23H21N5O3/c1-14(29)27-12-11-18-19(13-27)28-23(25-18)20(22(24)30)21(26-28)15-7-9-17(10-8-15)31-16-5-3-2-4-6-16/h2-10,25H,11-13H2,1H3,(H2,24,30). The molecule has 0 bridgehead atoms. The van der Waals surface area contributed by atoms with Gasteiger partial charge < -0.3 is 20.4 Å². The maximum absolute atomic E-state index is 12.3. The first kappa shape index (κ1) is 18.9. The first-order chi connectivity index (χ1) is 15.0. The van der Waals surface area contributed by atoms with E-state index in [-0.39, 0.29) is 5.91 Å². The molecule has 0 fully saturated rings. The molecule has 0 aliphatic carbocycles. The van der Waals surface area contributed by atoms with Crippen molar-refractivity contribution in [2.45, 2.75) is 19.9 Å². The van der Waals surface area contributed by atoms with Crippen molar-refractivity contribution in [2.75, 3.05) is 6.54 Å². The summed E-state index contributed by atoms with van der Waals surface area (Å²) in [5.74, 6) is 0.869. The third kappa shape index (κ3) is 3.31. The third-order valence-electron chi connectivity index (χ3n) is 5.53. The molecule has 0 saturated heterocycles. The Morgan fingerprint density at radius 2 is 1.77 bits per heavy atom. The summed E-state index contributed by atoms with van der Waals surface area (Å²) >= 11 is 0. The van der Waals surface area contributed by atoms with E-state index >= 15 is 0 Å². The quantitative estimate of drug-likeness (QED) is 0.534. The van der Waals surface area contributed by atoms with Crippen LogP contribution in [0.3, 0.4) is 0 Å². The molecule has 1 aliphatic rings. The second-order valence-electron chi connectivity index (χ2n) is 7.53. The SMILES string of the molecule is CC(=O)N1CCc2[nH]c3c(C(N)=O)c(-c4ccc(Oc5ccccc5)cc4)nn3c2C1. The molecule has 1 aliphatic heterocycles. The molecule has 0 unspecified atom stereocenters. The van der Waals surface area contributed by atoms with Gasteiger partial charge in [-0.05, 0) is 36.4 Å². The number of amides is 2. The number of aromatic amines is 1. The first-order valence-corrected chi connectivity index (χ1v) is 10.0. The van der Waals surface area contributed by atoms with E-state index in [9.17, 15) is 9.59 Å². The molecule has 8 heteroatoms. The maximum atomic E-state index is 12.3. The van der Waals surface area contributed by atoms with Crippen molar-refractivity contribution in [3.8, 4) is 22.8 Å². The van der Waals surface area contributed by atoms with E-state index < -0.39 is 5.91 Å². The molecule has 2 amide bonds. The minimum absolute atomic E-state index is 0.0107. The number of imidazole rings is 1. The Hall–Kier alpha value is -4.07. The van der Waals surface area contributed by atoms with Gasteiger partial charge in [0.1, 0.15) is 28.4 Å². The molecule has 2 aromatic carbocycles. The molecule has 4 aromatic rings. The Bertz CT molecular complexity index is 1290. The van der Waals surface area contributed by atoms with E-state index in [1.54, 1.807) is 16.3 Å². The summed E-state index contributed by atoms with van der Waals surface area (Å²) in [5, 5.41) is 4.69. The van der Waals surface area contributed by atoms with Crippen LogP contribution in [-0.2, 0) is 17.8 Å². The molecule has 3 N–H and O–H groups in total. The highest BCUT2D eigenvalue weighted by Gasteiger charge is 2.28. The molecule has 8 nitrogen and oxygen atoms in total. The topological polar surface area (TPSA) is 106 Å². The summed E-state index contributed by atoms with van der Waals surface area (Å²) in [6, 6.07) is 16.8. The highest BCUT2D eigenvalue weighted by molar-refractivity contribution is 6.04. The summed E-state index contributed by atoms with van der Waals surface area (Å²) in [4.78, 5) is 29.2. The van der Waals surface area contributed by atoms with Gasteiger partial charge in [0.25, 0.3) is 5.91 Å². The first-order valence-electron chi connectivity index (χ1n) is 10.0. The Morgan fingerprint density at radius 1 is 1.06 bits per heavy atom. The van der Waals surface area contributed by atoms with Gasteiger partial charge in [-0.15, -0.1) is 0 Å². The van der Waals surface area contributed by atoms with Crippen LogP contribution in [-0.4, -0.2) is 37.9 Å². The maximum Gasteiger partial charge on any atom is 0.254 e. The van der Waals surface area contributed by atoms with Gasteiger partial charge >= 0.3 is 0 Å². The van der Waals surface area contributed by atoms with E-state index in [2.05, 4.69) is 4.98 Å². The average Bonchev–Trinajstić information content (AvgIpc) is 3.30. The van der Waals surface area contributed by atoms with Crippen molar-refractivity contribution < 1.29 is 14.3 Å². The highest BCUT2D eigenvalue weighted by atomic mass is 16.5. The summed E-state index contributed by atoms with van der Waals surface area (Å²) in [5.41, 5.74) is 9.70. The van der Waals surface area contributed by atoms with E-state index in [1.807, 2.05) is 54.6 Å². The van der Waals surface area contributed by atoms with Crippen LogP contribution in [0.5, 0.6) is 11.5 Å². The number of aromatic nitrogens is 3. The lowest BCUT2D eigenvalue weighted by Crippen LogP contribution is -2.34. The van der Waals surface area contributed by atoms with Crippen molar-refractivity contribution in [3.05, 3.63) is 71.5 Å². The van der Waals surface area contributed by atoms with Crippen LogP contribution in [0.15, 0.2) is 54.6 Å². The minimum Gasteiger partial charge on any atom is -0.457 e. The minimum atomic E-state index is -0.559. The number of rotatable bonds is 4. The predicted octanol–water partition coefficient (Wildman–Crippen LogP) is 3.13. The zero-order chi connectivity index (χ0) is 21.5. The summed E-state index contributed by atoms with van der Waals surface area (Å²) < 4.78 is 7.54. The molecular weight excluding hydrogens is 394 g/mol. The number of ether oxygens (including phenoxy) is 1. The number of fused-ring (bicyclic) bond motifs is 3. The van der Waals surface area contributed by atoms with Crippen LogP contribution >= 0.6 is 0 Å². The molecule has 0 saturated carbocycles. The number of para-hydroxylation sites is 1. The predicted molar refractivity (Wildman–Crippen MR) is 115 cm³/mol. The number of nitrogens with zero attached hydrogens (tertiary/aromatic N) is 3. The lowest BCUT2D eigenvalue weighted by Gasteiger charge is -2.25. The number of carbonyl (C=O) groups excluding carboxylic acids is 2. The van der Waals surface area contributed by atoms with E-state index in [0.717, 1.165) is 22.7 Å². The van der Waals surface area contributed by atoms with Gasteiger partial charge in [-0.3, -0.25) is 9.59 Å². The number of benzene rings is 2. The molecule has 156 valence electrons. The molecule has 0 atom stereocenters. The number of hydrogen-bond acceptors (Lipinski definition) is 4. The molecular formula is C23H21N5O3. The van der Waals surface area contributed by atoms with E-state index in [0.29, 0.717) is 42.2 Å². The van der Waals surface area contributed by atoms with Crippen LogP contribution in [0.25, 0.3) is 16.9 Å². The normalized spacial score (nSPS) is 13.3. The van der Waals surface area contributed by atoms with Gasteiger partial charge in [0.05, 0.1) is 12.2 Å². The fourth-order valence-corrected chi connectivity index (χ4v) is 3.96. The van der Waals surface area contributed by atoms with Gasteiger partial charge in [0, 0.05) is 31.1 Å². The van der Waals surface area contributed by atoms with Crippen molar-refractivity contribution in [1.29, 1.82) is 0 Å². The van der Waals surface area contributed by atoms with Crippen LogP contribution in [0, 0.1) is 0 Å². The van der Waals surface area contributed by atoms with Crippen LogP contribution in [0.2, 0.25) is 0 Å². The summed E-state index contributed by atoms with van der Waals surface area (Å²) in [6.07, 6.45) is 0.678. The molecule has 5 rings (SSSR count). The second-order valence-corrected chi connectivity index (χ2v) is 7.53. The Morgan fingerprint density at radius 3 is 2.45 bits per heavy atom. The van der Waals surface area contributed by atoms with Gasteiger partial charge in [0.2, 0.25) is 5.91 Å². The van der Waals surface area contributed by atoms with Gasteiger partial charge in [-0.25, -0.2) is 4.52 Å². The number of hydrogen-bond donors (Lipinski definition) is 2. The smallest absolute Gasteiger partial charge is 0.254 e. The second kappa shape index (κ2) is 7.32. The van der Waals surface area contributed by atoms with Crippen molar-refractivity contribution in [3.63, 3.8) is 0 Å². The van der Waals surface area contributed by atoms with Crippen molar-refractivity contribution >= 4 is 17.5 Å². The Balaban J connectivity index is 1.53. The fourth-order valence-electron chi connectivity index (χ4n) is 3.96. The molecule has 2 aromatic heterocycles. The fraction of sp³-hybridized carbons (Fsp3) is 0.174. The zero-order valence-corrected chi connectivity index (χ0v) is 17.0. The largest absolute Gasteiger partial charge is 0.457 e. The van der Waals surface area contributed by atoms with Crippen molar-refractivity contribution in [1.82, 2.24) is 19.5 Å². The average molecular weight is 415 g/mol. The molecule has 0 radical (unpaired) electrons. The van der Waals surface area contributed by atoms with Crippen molar-refractivity contribution in [2.24, 2.45) is 5.73 Å². The monoisotopic (exact) mass is 415 g/mol. The molecule has 3 heterocycles.